The fraction of sp³-hybridized carbons (Fsp3) is 0.462. The Bertz CT molecular complexity index is 423. The van der Waals surface area contributed by atoms with Crippen LogP contribution in [0.15, 0.2) is 22.7 Å². The summed E-state index contributed by atoms with van der Waals surface area (Å²) >= 11 is 9.43. The van der Waals surface area contributed by atoms with E-state index in [1.54, 1.807) is 18.2 Å². The van der Waals surface area contributed by atoms with Crippen LogP contribution in [0.5, 0.6) is 5.75 Å². The van der Waals surface area contributed by atoms with Gasteiger partial charge in [-0.25, -0.2) is 0 Å². The topological polar surface area (TPSA) is 38.3 Å². The van der Waals surface area contributed by atoms with Crippen molar-refractivity contribution in [1.29, 1.82) is 0 Å². The summed E-state index contributed by atoms with van der Waals surface area (Å²) in [5.41, 5.74) is 0.508. The summed E-state index contributed by atoms with van der Waals surface area (Å²) in [7, 11) is 1.54. The lowest BCUT2D eigenvalue weighted by Gasteiger charge is -2.15. The maximum absolute atomic E-state index is 12.0. The van der Waals surface area contributed by atoms with Gasteiger partial charge in [-0.1, -0.05) is 29.8 Å². The average Bonchev–Trinajstić information content (AvgIpc) is 2.34. The Labute approximate surface area is 121 Å². The first kappa shape index (κ1) is 15.3. The van der Waals surface area contributed by atoms with E-state index in [9.17, 15) is 4.79 Å². The zero-order valence-corrected chi connectivity index (χ0v) is 13.0. The summed E-state index contributed by atoms with van der Waals surface area (Å²) in [6, 6.07) is 5.28. The van der Waals surface area contributed by atoms with Gasteiger partial charge in [-0.05, 0) is 24.1 Å². The van der Waals surface area contributed by atoms with E-state index < -0.39 is 0 Å². The molecule has 0 saturated carbocycles. The molecule has 0 aliphatic carbocycles. The maximum atomic E-state index is 12.0. The van der Waals surface area contributed by atoms with Crippen LogP contribution in [0.3, 0.4) is 0 Å². The number of benzene rings is 1. The van der Waals surface area contributed by atoms with E-state index in [-0.39, 0.29) is 11.3 Å². The molecular weight excluding hydrogens is 318 g/mol. The number of ether oxygens (including phenoxy) is 1. The summed E-state index contributed by atoms with van der Waals surface area (Å²) < 4.78 is 6.05. The second-order valence-electron chi connectivity index (χ2n) is 4.31. The molecule has 3 nitrogen and oxygen atoms in total. The Morgan fingerprint density at radius 1 is 1.50 bits per heavy atom. The molecule has 0 fully saturated rings. The summed E-state index contributed by atoms with van der Waals surface area (Å²) in [5, 5.41) is 2.73. The van der Waals surface area contributed by atoms with Crippen LogP contribution in [0.1, 0.15) is 24.2 Å². The molecule has 1 rings (SSSR count). The van der Waals surface area contributed by atoms with Gasteiger partial charge in [-0.3, -0.25) is 4.79 Å². The lowest BCUT2D eigenvalue weighted by atomic mass is 10.1. The van der Waals surface area contributed by atoms with E-state index in [2.05, 4.69) is 21.2 Å². The third kappa shape index (κ3) is 4.18. The van der Waals surface area contributed by atoms with Crippen molar-refractivity contribution in [3.05, 3.63) is 28.2 Å². The van der Waals surface area contributed by atoms with Gasteiger partial charge in [0.15, 0.2) is 0 Å². The number of amides is 1. The van der Waals surface area contributed by atoms with Gasteiger partial charge in [-0.2, -0.15) is 0 Å². The molecule has 0 aliphatic heterocycles. The molecule has 0 radical (unpaired) electrons. The van der Waals surface area contributed by atoms with Crippen LogP contribution in [0.4, 0.5) is 0 Å². The van der Waals surface area contributed by atoms with Crippen molar-refractivity contribution < 1.29 is 9.53 Å². The van der Waals surface area contributed by atoms with Crippen LogP contribution < -0.4 is 10.1 Å². The van der Waals surface area contributed by atoms with Crippen LogP contribution in [0.25, 0.3) is 0 Å². The van der Waals surface area contributed by atoms with Crippen molar-refractivity contribution in [3.63, 3.8) is 0 Å². The van der Waals surface area contributed by atoms with Gasteiger partial charge in [-0.15, -0.1) is 11.6 Å². The molecule has 1 atom stereocenters. The number of alkyl halides is 1. The molecular formula is C13H17BrClNO2. The lowest BCUT2D eigenvalue weighted by Crippen LogP contribution is -2.32. The van der Waals surface area contributed by atoms with Crippen LogP contribution in [-0.4, -0.2) is 24.9 Å². The Kier molecular flexibility index (Phi) is 5.96. The van der Waals surface area contributed by atoms with Crippen molar-refractivity contribution in [2.24, 2.45) is 5.92 Å². The zero-order valence-electron chi connectivity index (χ0n) is 10.7. The molecule has 0 spiro atoms. The molecule has 1 unspecified atom stereocenters. The fourth-order valence-corrected chi connectivity index (χ4v) is 1.79. The highest BCUT2D eigenvalue weighted by Gasteiger charge is 2.15. The van der Waals surface area contributed by atoms with E-state index in [0.29, 0.717) is 23.8 Å². The minimum absolute atomic E-state index is 0.0737. The van der Waals surface area contributed by atoms with E-state index in [1.165, 1.54) is 7.11 Å². The summed E-state index contributed by atoms with van der Waals surface area (Å²) in [5.74, 6) is 0.682. The molecule has 1 aromatic rings. The van der Waals surface area contributed by atoms with Crippen molar-refractivity contribution in [1.82, 2.24) is 5.32 Å². The molecule has 0 bridgehead atoms. The number of halogens is 2. The van der Waals surface area contributed by atoms with Gasteiger partial charge < -0.3 is 10.1 Å². The standard InChI is InChI=1S/C13H17BrClNO2/c1-8(2)11(15)7-16-13(17)10-5-4-9(14)6-12(10)18-3/h4-6,8,11H,7H2,1-3H3,(H,16,17). The Hall–Kier alpha value is -0.740. The van der Waals surface area contributed by atoms with Gasteiger partial charge in [0.25, 0.3) is 5.91 Å². The van der Waals surface area contributed by atoms with Gasteiger partial charge in [0.05, 0.1) is 18.1 Å². The first-order valence-electron chi connectivity index (χ1n) is 5.71. The van der Waals surface area contributed by atoms with Crippen molar-refractivity contribution in [2.45, 2.75) is 19.2 Å². The Morgan fingerprint density at radius 3 is 2.72 bits per heavy atom. The molecule has 0 aromatic heterocycles. The van der Waals surface area contributed by atoms with Crippen molar-refractivity contribution in [3.8, 4) is 5.75 Å². The monoisotopic (exact) mass is 333 g/mol. The van der Waals surface area contributed by atoms with Crippen LogP contribution >= 0.6 is 27.5 Å². The molecule has 0 heterocycles. The molecule has 0 saturated heterocycles. The van der Waals surface area contributed by atoms with Gasteiger partial charge in [0, 0.05) is 11.0 Å². The first-order valence-corrected chi connectivity index (χ1v) is 6.94. The lowest BCUT2D eigenvalue weighted by molar-refractivity contribution is 0.0949. The number of rotatable bonds is 5. The summed E-state index contributed by atoms with van der Waals surface area (Å²) in [6.45, 7) is 4.48. The number of methoxy groups -OCH3 is 1. The SMILES string of the molecule is COc1cc(Br)ccc1C(=O)NCC(Cl)C(C)C. The third-order valence-electron chi connectivity index (χ3n) is 2.59. The van der Waals surface area contributed by atoms with E-state index >= 15 is 0 Å². The van der Waals surface area contributed by atoms with Gasteiger partial charge in [0.1, 0.15) is 5.75 Å². The normalized spacial score (nSPS) is 12.3. The Balaban J connectivity index is 2.72. The van der Waals surface area contributed by atoms with E-state index in [1.807, 2.05) is 13.8 Å². The first-order chi connectivity index (χ1) is 8.45. The number of carbonyl (C=O) groups excluding carboxylic acids is 1. The smallest absolute Gasteiger partial charge is 0.255 e. The summed E-state index contributed by atoms with van der Waals surface area (Å²) in [4.78, 5) is 12.0. The number of hydrogen-bond acceptors (Lipinski definition) is 2. The molecule has 1 amide bonds. The molecule has 1 aromatic carbocycles. The minimum Gasteiger partial charge on any atom is -0.496 e. The molecule has 100 valence electrons. The second kappa shape index (κ2) is 7.00. The fourth-order valence-electron chi connectivity index (χ4n) is 1.37. The van der Waals surface area contributed by atoms with Gasteiger partial charge in [0.2, 0.25) is 0 Å². The van der Waals surface area contributed by atoms with E-state index in [0.717, 1.165) is 4.47 Å². The molecule has 1 N–H and O–H groups in total. The van der Waals surface area contributed by atoms with E-state index in [4.69, 9.17) is 16.3 Å². The third-order valence-corrected chi connectivity index (χ3v) is 3.74. The number of nitrogens with one attached hydrogen (secondary N) is 1. The summed E-state index contributed by atoms with van der Waals surface area (Å²) in [6.07, 6.45) is 0. The second-order valence-corrected chi connectivity index (χ2v) is 5.79. The molecule has 0 aliphatic rings. The highest BCUT2D eigenvalue weighted by molar-refractivity contribution is 9.10. The maximum Gasteiger partial charge on any atom is 0.255 e. The predicted molar refractivity (Wildman–Crippen MR) is 77.5 cm³/mol. The van der Waals surface area contributed by atoms with Crippen molar-refractivity contribution in [2.75, 3.05) is 13.7 Å². The van der Waals surface area contributed by atoms with Crippen molar-refractivity contribution >= 4 is 33.4 Å². The quantitative estimate of drug-likeness (QED) is 0.838. The molecule has 18 heavy (non-hydrogen) atoms. The van der Waals surface area contributed by atoms with Crippen LogP contribution in [0.2, 0.25) is 0 Å². The minimum atomic E-state index is -0.175. The average molecular weight is 335 g/mol. The highest BCUT2D eigenvalue weighted by Crippen LogP contribution is 2.23. The Morgan fingerprint density at radius 2 is 2.17 bits per heavy atom. The zero-order chi connectivity index (χ0) is 13.7. The number of carbonyl (C=O) groups is 1. The van der Waals surface area contributed by atoms with Crippen LogP contribution in [-0.2, 0) is 0 Å². The largest absolute Gasteiger partial charge is 0.496 e. The predicted octanol–water partition coefficient (Wildman–Crippen LogP) is 3.45. The van der Waals surface area contributed by atoms with Gasteiger partial charge >= 0.3 is 0 Å². The highest BCUT2D eigenvalue weighted by atomic mass is 79.9. The van der Waals surface area contributed by atoms with Crippen LogP contribution in [0, 0.1) is 5.92 Å². The molecule has 5 heteroatoms. The number of hydrogen-bond donors (Lipinski definition) is 1.